The van der Waals surface area contributed by atoms with Gasteiger partial charge in [-0.05, 0) is 27.6 Å². The highest BCUT2D eigenvalue weighted by molar-refractivity contribution is 9.10. The Balaban J connectivity index is 1.56. The van der Waals surface area contributed by atoms with Crippen molar-refractivity contribution in [3.8, 4) is 0 Å². The molecule has 138 valence electrons. The monoisotopic (exact) mass is 424 g/mol. The number of H-pyrrole nitrogens is 2. The van der Waals surface area contributed by atoms with Crippen LogP contribution in [0.1, 0.15) is 11.1 Å². The number of amides is 1. The van der Waals surface area contributed by atoms with Crippen LogP contribution in [0.3, 0.4) is 0 Å². The number of hydrogen-bond donors (Lipinski definition) is 2. The van der Waals surface area contributed by atoms with E-state index in [0.717, 1.165) is 0 Å². The first-order chi connectivity index (χ1) is 12.4. The zero-order valence-corrected chi connectivity index (χ0v) is 15.5. The molecule has 0 aliphatic carbocycles. The molecule has 9 heteroatoms. The number of nitrogens with zero attached hydrogens (tertiary/aromatic N) is 2. The van der Waals surface area contributed by atoms with Gasteiger partial charge in [0.05, 0.1) is 10.9 Å². The van der Waals surface area contributed by atoms with Crippen LogP contribution in [0, 0.1) is 5.82 Å². The number of hydrogen-bond acceptors (Lipinski definition) is 4. The van der Waals surface area contributed by atoms with Crippen molar-refractivity contribution < 1.29 is 9.18 Å². The molecule has 0 atom stereocenters. The number of nitrogens with one attached hydrogen (secondary N) is 2. The van der Waals surface area contributed by atoms with Crippen LogP contribution in [0.2, 0.25) is 0 Å². The predicted molar refractivity (Wildman–Crippen MR) is 97.3 cm³/mol. The molecule has 3 rings (SSSR count). The molecule has 0 unspecified atom stereocenters. The maximum absolute atomic E-state index is 14.0. The molecule has 1 aromatic carbocycles. The lowest BCUT2D eigenvalue weighted by atomic mass is 10.1. The highest BCUT2D eigenvalue weighted by Crippen LogP contribution is 2.19. The number of piperazine rings is 1. The molecular weight excluding hydrogens is 407 g/mol. The predicted octanol–water partition coefficient (Wildman–Crippen LogP) is 0.852. The van der Waals surface area contributed by atoms with Crippen molar-refractivity contribution in [1.82, 2.24) is 19.8 Å². The first-order valence-electron chi connectivity index (χ1n) is 8.18. The average Bonchev–Trinajstić information content (AvgIpc) is 2.62. The van der Waals surface area contributed by atoms with E-state index >= 15 is 0 Å². The van der Waals surface area contributed by atoms with Gasteiger partial charge in [0, 0.05) is 44.5 Å². The Morgan fingerprint density at radius 1 is 1.15 bits per heavy atom. The van der Waals surface area contributed by atoms with Gasteiger partial charge in [-0.15, -0.1) is 0 Å². The Bertz CT molecular complexity index is 919. The maximum atomic E-state index is 14.0. The highest BCUT2D eigenvalue weighted by Gasteiger charge is 2.22. The highest BCUT2D eigenvalue weighted by atomic mass is 79.9. The summed E-state index contributed by atoms with van der Waals surface area (Å²) in [6.45, 7) is 2.62. The van der Waals surface area contributed by atoms with Crippen LogP contribution >= 0.6 is 15.9 Å². The molecule has 0 saturated carbocycles. The molecule has 2 N–H and O–H groups in total. The Kier molecular flexibility index (Phi) is 5.67. The van der Waals surface area contributed by atoms with Crippen molar-refractivity contribution >= 4 is 21.8 Å². The van der Waals surface area contributed by atoms with Crippen molar-refractivity contribution in [2.45, 2.75) is 13.0 Å². The standard InChI is InChI=1S/C17H18BrFN4O3/c18-13-3-1-2-11(15(13)19)8-14(24)23-6-4-22(5-7-23)10-12-9-20-17(26)21-16(12)25/h1-3,9H,4-8,10H2,(H2,20,21,25,26). The molecule has 1 aliphatic rings. The fourth-order valence-corrected chi connectivity index (χ4v) is 3.32. The van der Waals surface area contributed by atoms with E-state index in [1.165, 1.54) is 6.20 Å². The summed E-state index contributed by atoms with van der Waals surface area (Å²) < 4.78 is 14.4. The molecule has 0 radical (unpaired) electrons. The fraction of sp³-hybridized carbons (Fsp3) is 0.353. The molecule has 7 nitrogen and oxygen atoms in total. The van der Waals surface area contributed by atoms with Crippen LogP contribution < -0.4 is 11.2 Å². The van der Waals surface area contributed by atoms with Gasteiger partial charge >= 0.3 is 5.69 Å². The molecule has 1 aromatic heterocycles. The van der Waals surface area contributed by atoms with Crippen molar-refractivity contribution in [2.24, 2.45) is 0 Å². The fourth-order valence-electron chi connectivity index (χ4n) is 2.91. The number of rotatable bonds is 4. The van der Waals surface area contributed by atoms with E-state index in [1.807, 2.05) is 4.90 Å². The van der Waals surface area contributed by atoms with E-state index in [1.54, 1.807) is 23.1 Å². The summed E-state index contributed by atoms with van der Waals surface area (Å²) in [6, 6.07) is 4.91. The number of carbonyl (C=O) groups is 1. The zero-order chi connectivity index (χ0) is 18.7. The first-order valence-corrected chi connectivity index (χ1v) is 8.97. The van der Waals surface area contributed by atoms with Crippen LogP contribution in [0.25, 0.3) is 0 Å². The van der Waals surface area contributed by atoms with E-state index in [4.69, 9.17) is 0 Å². The molecule has 1 aliphatic heterocycles. The van der Waals surface area contributed by atoms with Crippen LogP contribution in [-0.4, -0.2) is 51.9 Å². The van der Waals surface area contributed by atoms with Gasteiger partial charge in [-0.2, -0.15) is 0 Å². The lowest BCUT2D eigenvalue weighted by molar-refractivity contribution is -0.132. The van der Waals surface area contributed by atoms with Crippen molar-refractivity contribution in [3.05, 3.63) is 66.7 Å². The van der Waals surface area contributed by atoms with E-state index in [9.17, 15) is 18.8 Å². The van der Waals surface area contributed by atoms with Gasteiger partial charge in [0.15, 0.2) is 0 Å². The molecular formula is C17H18BrFN4O3. The second-order valence-corrected chi connectivity index (χ2v) is 7.00. The number of aromatic nitrogens is 2. The van der Waals surface area contributed by atoms with Gasteiger partial charge in [0.25, 0.3) is 5.56 Å². The number of benzene rings is 1. The maximum Gasteiger partial charge on any atom is 0.325 e. The summed E-state index contributed by atoms with van der Waals surface area (Å²) in [6.07, 6.45) is 1.43. The van der Waals surface area contributed by atoms with Gasteiger partial charge in [0.1, 0.15) is 5.82 Å². The largest absolute Gasteiger partial charge is 0.340 e. The normalized spacial score (nSPS) is 15.2. The van der Waals surface area contributed by atoms with E-state index < -0.39 is 17.1 Å². The quantitative estimate of drug-likeness (QED) is 0.761. The van der Waals surface area contributed by atoms with E-state index in [0.29, 0.717) is 48.3 Å². The molecule has 1 fully saturated rings. The van der Waals surface area contributed by atoms with Crippen molar-refractivity contribution in [2.75, 3.05) is 26.2 Å². The minimum absolute atomic E-state index is 0.0187. The zero-order valence-electron chi connectivity index (χ0n) is 13.9. The van der Waals surface area contributed by atoms with E-state index in [2.05, 4.69) is 25.9 Å². The van der Waals surface area contributed by atoms with Crippen LogP contribution in [0.4, 0.5) is 4.39 Å². The number of aromatic amines is 2. The van der Waals surface area contributed by atoms with Gasteiger partial charge < -0.3 is 9.88 Å². The molecule has 0 bridgehead atoms. The Morgan fingerprint density at radius 3 is 2.58 bits per heavy atom. The summed E-state index contributed by atoms with van der Waals surface area (Å²) in [5.41, 5.74) is -0.0986. The van der Waals surface area contributed by atoms with Gasteiger partial charge in [-0.3, -0.25) is 19.5 Å². The first kappa shape index (κ1) is 18.5. The summed E-state index contributed by atoms with van der Waals surface area (Å²) in [7, 11) is 0. The third-order valence-electron chi connectivity index (χ3n) is 4.39. The van der Waals surface area contributed by atoms with Gasteiger partial charge in [-0.25, -0.2) is 9.18 Å². The van der Waals surface area contributed by atoms with Crippen LogP contribution in [-0.2, 0) is 17.8 Å². The van der Waals surface area contributed by atoms with E-state index in [-0.39, 0.29) is 12.3 Å². The van der Waals surface area contributed by atoms with Gasteiger partial charge in [-0.1, -0.05) is 12.1 Å². The molecule has 1 amide bonds. The lowest BCUT2D eigenvalue weighted by Crippen LogP contribution is -2.49. The topological polar surface area (TPSA) is 89.3 Å². The third kappa shape index (κ3) is 4.28. The second kappa shape index (κ2) is 7.96. The number of carbonyl (C=O) groups excluding carboxylic acids is 1. The molecule has 2 aromatic rings. The Labute approximate surface area is 157 Å². The average molecular weight is 425 g/mol. The van der Waals surface area contributed by atoms with Crippen molar-refractivity contribution in [3.63, 3.8) is 0 Å². The van der Waals surface area contributed by atoms with Crippen LogP contribution in [0.5, 0.6) is 0 Å². The second-order valence-electron chi connectivity index (χ2n) is 6.14. The SMILES string of the molecule is O=C(Cc1cccc(Br)c1F)N1CCN(Cc2c[nH]c(=O)[nH]c2=O)CC1. The summed E-state index contributed by atoms with van der Waals surface area (Å²) in [4.78, 5) is 43.6. The molecule has 26 heavy (non-hydrogen) atoms. The Morgan fingerprint density at radius 2 is 1.88 bits per heavy atom. The smallest absolute Gasteiger partial charge is 0.325 e. The summed E-state index contributed by atoms with van der Waals surface area (Å²) in [5.74, 6) is -0.527. The van der Waals surface area contributed by atoms with Gasteiger partial charge in [0.2, 0.25) is 5.91 Å². The lowest BCUT2D eigenvalue weighted by Gasteiger charge is -2.34. The number of halogens is 2. The van der Waals surface area contributed by atoms with Crippen LogP contribution in [0.15, 0.2) is 38.5 Å². The third-order valence-corrected chi connectivity index (χ3v) is 5.00. The Hall–Kier alpha value is -2.26. The molecule has 2 heterocycles. The minimum Gasteiger partial charge on any atom is -0.340 e. The minimum atomic E-state index is -0.533. The molecule has 1 saturated heterocycles. The summed E-state index contributed by atoms with van der Waals surface area (Å²) >= 11 is 3.12. The molecule has 0 spiro atoms. The summed E-state index contributed by atoms with van der Waals surface area (Å²) in [5, 5.41) is 0. The van der Waals surface area contributed by atoms with Crippen molar-refractivity contribution in [1.29, 1.82) is 0 Å².